The van der Waals surface area contributed by atoms with Crippen molar-refractivity contribution in [3.63, 3.8) is 0 Å². The van der Waals surface area contributed by atoms with Crippen molar-refractivity contribution >= 4 is 5.91 Å². The number of hydrogen-bond acceptors (Lipinski definition) is 2. The van der Waals surface area contributed by atoms with Gasteiger partial charge in [0.25, 0.3) is 0 Å². The third kappa shape index (κ3) is 4.60. The molecule has 0 saturated carbocycles. The van der Waals surface area contributed by atoms with Gasteiger partial charge in [0.05, 0.1) is 12.6 Å². The highest BCUT2D eigenvalue weighted by atomic mass is 16.2. The summed E-state index contributed by atoms with van der Waals surface area (Å²) in [5, 5.41) is 5.87. The van der Waals surface area contributed by atoms with Gasteiger partial charge < -0.3 is 10.6 Å². The second-order valence-corrected chi connectivity index (χ2v) is 4.36. The fourth-order valence-electron chi connectivity index (χ4n) is 1.64. The summed E-state index contributed by atoms with van der Waals surface area (Å²) >= 11 is 0. The predicted molar refractivity (Wildman–Crippen MR) is 74.2 cm³/mol. The molecule has 0 fully saturated rings. The first-order chi connectivity index (χ1) is 8.65. The van der Waals surface area contributed by atoms with Gasteiger partial charge in [0.2, 0.25) is 5.91 Å². The van der Waals surface area contributed by atoms with Crippen LogP contribution in [0.3, 0.4) is 0 Å². The van der Waals surface area contributed by atoms with E-state index in [4.69, 9.17) is 6.42 Å². The molecular weight excluding hydrogens is 224 g/mol. The molecular formula is C15H20N2O. The van der Waals surface area contributed by atoms with E-state index < -0.39 is 0 Å². The monoisotopic (exact) mass is 244 g/mol. The molecule has 0 aromatic heterocycles. The van der Waals surface area contributed by atoms with E-state index in [1.54, 1.807) is 0 Å². The minimum Gasteiger partial charge on any atom is -0.344 e. The SMILES string of the molecule is C#CCNC(=O)C(C)NCC(C)c1ccccc1. The summed E-state index contributed by atoms with van der Waals surface area (Å²) in [6, 6.07) is 10.00. The van der Waals surface area contributed by atoms with Crippen LogP contribution in [-0.4, -0.2) is 25.0 Å². The zero-order chi connectivity index (χ0) is 13.4. The topological polar surface area (TPSA) is 41.1 Å². The van der Waals surface area contributed by atoms with Gasteiger partial charge in [-0.15, -0.1) is 6.42 Å². The van der Waals surface area contributed by atoms with Crippen molar-refractivity contribution in [2.75, 3.05) is 13.1 Å². The van der Waals surface area contributed by atoms with Crippen LogP contribution in [0.2, 0.25) is 0 Å². The van der Waals surface area contributed by atoms with Crippen molar-refractivity contribution in [2.45, 2.75) is 25.8 Å². The fraction of sp³-hybridized carbons (Fsp3) is 0.400. The fourth-order valence-corrected chi connectivity index (χ4v) is 1.64. The lowest BCUT2D eigenvalue weighted by Gasteiger charge is -2.17. The molecule has 0 spiro atoms. The van der Waals surface area contributed by atoms with E-state index in [2.05, 4.69) is 35.6 Å². The molecule has 2 N–H and O–H groups in total. The van der Waals surface area contributed by atoms with E-state index in [9.17, 15) is 4.79 Å². The van der Waals surface area contributed by atoms with Crippen LogP contribution < -0.4 is 10.6 Å². The lowest BCUT2D eigenvalue weighted by molar-refractivity contribution is -0.122. The quantitative estimate of drug-likeness (QED) is 0.745. The van der Waals surface area contributed by atoms with Crippen molar-refractivity contribution < 1.29 is 4.79 Å². The summed E-state index contributed by atoms with van der Waals surface area (Å²) in [5.74, 6) is 2.69. The van der Waals surface area contributed by atoms with Gasteiger partial charge in [0, 0.05) is 6.54 Å². The Balaban J connectivity index is 2.37. The maximum Gasteiger partial charge on any atom is 0.237 e. The molecule has 1 aromatic carbocycles. The van der Waals surface area contributed by atoms with Crippen LogP contribution in [0.5, 0.6) is 0 Å². The summed E-state index contributed by atoms with van der Waals surface area (Å²) < 4.78 is 0. The highest BCUT2D eigenvalue weighted by Gasteiger charge is 2.13. The number of amides is 1. The predicted octanol–water partition coefficient (Wildman–Crippen LogP) is 1.52. The molecule has 2 unspecified atom stereocenters. The molecule has 0 aliphatic rings. The molecule has 0 saturated heterocycles. The number of carbonyl (C=O) groups excluding carboxylic acids is 1. The number of benzene rings is 1. The van der Waals surface area contributed by atoms with Crippen LogP contribution in [0.25, 0.3) is 0 Å². The van der Waals surface area contributed by atoms with E-state index in [0.717, 1.165) is 6.54 Å². The summed E-state index contributed by atoms with van der Waals surface area (Å²) in [6.07, 6.45) is 5.09. The molecule has 3 heteroatoms. The van der Waals surface area contributed by atoms with Gasteiger partial charge in [-0.05, 0) is 18.4 Å². The number of rotatable bonds is 6. The number of carbonyl (C=O) groups is 1. The zero-order valence-electron chi connectivity index (χ0n) is 10.9. The first kappa shape index (κ1) is 14.3. The Morgan fingerprint density at radius 2 is 2.00 bits per heavy atom. The number of terminal acetylenes is 1. The summed E-state index contributed by atoms with van der Waals surface area (Å²) in [5.41, 5.74) is 1.27. The van der Waals surface area contributed by atoms with Crippen LogP contribution in [0.4, 0.5) is 0 Å². The highest BCUT2D eigenvalue weighted by Crippen LogP contribution is 2.13. The maximum absolute atomic E-state index is 11.6. The lowest BCUT2D eigenvalue weighted by Crippen LogP contribution is -2.43. The maximum atomic E-state index is 11.6. The molecule has 0 heterocycles. The first-order valence-corrected chi connectivity index (χ1v) is 6.14. The molecule has 1 rings (SSSR count). The second kappa shape index (κ2) is 7.52. The largest absolute Gasteiger partial charge is 0.344 e. The van der Waals surface area contributed by atoms with Gasteiger partial charge in [-0.2, -0.15) is 0 Å². The van der Waals surface area contributed by atoms with E-state index in [1.807, 2.05) is 25.1 Å². The van der Waals surface area contributed by atoms with Crippen molar-refractivity contribution in [2.24, 2.45) is 0 Å². The second-order valence-electron chi connectivity index (χ2n) is 4.36. The standard InChI is InChI=1S/C15H20N2O/c1-4-10-16-15(18)13(3)17-11-12(2)14-8-6-5-7-9-14/h1,5-9,12-13,17H,10-11H2,2-3H3,(H,16,18). The van der Waals surface area contributed by atoms with Crippen molar-refractivity contribution in [3.8, 4) is 12.3 Å². The lowest BCUT2D eigenvalue weighted by atomic mass is 10.0. The average molecular weight is 244 g/mol. The highest BCUT2D eigenvalue weighted by molar-refractivity contribution is 5.81. The van der Waals surface area contributed by atoms with Gasteiger partial charge in [0.1, 0.15) is 0 Å². The van der Waals surface area contributed by atoms with E-state index in [-0.39, 0.29) is 18.5 Å². The molecule has 0 aliphatic heterocycles. The van der Waals surface area contributed by atoms with Crippen molar-refractivity contribution in [1.29, 1.82) is 0 Å². The first-order valence-electron chi connectivity index (χ1n) is 6.14. The molecule has 0 aliphatic carbocycles. The molecule has 96 valence electrons. The Bertz CT molecular complexity index is 408. The summed E-state index contributed by atoms with van der Waals surface area (Å²) in [4.78, 5) is 11.6. The molecule has 0 bridgehead atoms. The number of hydrogen-bond donors (Lipinski definition) is 2. The molecule has 1 amide bonds. The Morgan fingerprint density at radius 3 is 2.61 bits per heavy atom. The Morgan fingerprint density at radius 1 is 1.33 bits per heavy atom. The molecule has 1 aromatic rings. The summed E-state index contributed by atoms with van der Waals surface area (Å²) in [6.45, 7) is 5.01. The van der Waals surface area contributed by atoms with Crippen LogP contribution in [0.15, 0.2) is 30.3 Å². The van der Waals surface area contributed by atoms with Crippen LogP contribution >= 0.6 is 0 Å². The van der Waals surface area contributed by atoms with Gasteiger partial charge in [-0.25, -0.2) is 0 Å². The Kier molecular flexibility index (Phi) is 5.96. The van der Waals surface area contributed by atoms with Crippen LogP contribution in [0, 0.1) is 12.3 Å². The van der Waals surface area contributed by atoms with Gasteiger partial charge in [-0.1, -0.05) is 43.2 Å². The van der Waals surface area contributed by atoms with Crippen LogP contribution in [-0.2, 0) is 4.79 Å². The Labute approximate surface area is 109 Å². The van der Waals surface area contributed by atoms with Gasteiger partial charge in [0.15, 0.2) is 0 Å². The van der Waals surface area contributed by atoms with E-state index >= 15 is 0 Å². The van der Waals surface area contributed by atoms with Crippen molar-refractivity contribution in [3.05, 3.63) is 35.9 Å². The minimum absolute atomic E-state index is 0.0618. The normalized spacial score (nSPS) is 13.4. The molecule has 2 atom stereocenters. The minimum atomic E-state index is -0.232. The molecule has 0 radical (unpaired) electrons. The van der Waals surface area contributed by atoms with Gasteiger partial charge in [-0.3, -0.25) is 4.79 Å². The van der Waals surface area contributed by atoms with Crippen molar-refractivity contribution in [1.82, 2.24) is 10.6 Å². The number of nitrogens with one attached hydrogen (secondary N) is 2. The van der Waals surface area contributed by atoms with E-state index in [0.29, 0.717) is 5.92 Å². The molecule has 18 heavy (non-hydrogen) atoms. The summed E-state index contributed by atoms with van der Waals surface area (Å²) in [7, 11) is 0. The smallest absolute Gasteiger partial charge is 0.237 e. The van der Waals surface area contributed by atoms with Crippen LogP contribution in [0.1, 0.15) is 25.3 Å². The Hall–Kier alpha value is -1.79. The average Bonchev–Trinajstić information content (AvgIpc) is 2.42. The third-order valence-corrected chi connectivity index (χ3v) is 2.86. The molecule has 3 nitrogen and oxygen atoms in total. The van der Waals surface area contributed by atoms with Gasteiger partial charge >= 0.3 is 0 Å². The van der Waals surface area contributed by atoms with E-state index in [1.165, 1.54) is 5.56 Å². The zero-order valence-corrected chi connectivity index (χ0v) is 10.9. The third-order valence-electron chi connectivity index (χ3n) is 2.86.